The van der Waals surface area contributed by atoms with Gasteiger partial charge in [0.25, 0.3) is 0 Å². The van der Waals surface area contributed by atoms with Crippen molar-refractivity contribution >= 4 is 12.0 Å². The van der Waals surface area contributed by atoms with Crippen LogP contribution in [0.4, 0.5) is 0 Å². The Morgan fingerprint density at radius 2 is 2.41 bits per heavy atom. The predicted octanol–water partition coefficient (Wildman–Crippen LogP) is 3.02. The highest BCUT2D eigenvalue weighted by atomic mass is 32.2. The summed E-state index contributed by atoms with van der Waals surface area (Å²) in [5.74, 6) is 2.45. The lowest BCUT2D eigenvalue weighted by Crippen LogP contribution is -2.27. The maximum atomic E-state index is 9.02. The first-order valence-electron chi connectivity index (χ1n) is 5.83. The Morgan fingerprint density at radius 3 is 3.18 bits per heavy atom. The molecule has 0 radical (unpaired) electrons. The Kier molecular flexibility index (Phi) is 4.71. The van der Waals surface area contributed by atoms with E-state index < -0.39 is 0 Å². The summed E-state index contributed by atoms with van der Waals surface area (Å²) in [5.41, 5.74) is 1.28. The Balaban J connectivity index is 2.16. The smallest absolute Gasteiger partial charge is 0.119 e. The zero-order valence-electron chi connectivity index (χ0n) is 9.96. The van der Waals surface area contributed by atoms with Crippen LogP contribution < -0.4 is 4.74 Å². The summed E-state index contributed by atoms with van der Waals surface area (Å²) in [4.78, 5) is 0. The van der Waals surface area contributed by atoms with Crippen molar-refractivity contribution in [3.8, 4) is 5.75 Å². The molecule has 1 heterocycles. The van der Waals surface area contributed by atoms with E-state index in [0.29, 0.717) is 11.8 Å². The van der Waals surface area contributed by atoms with Crippen LogP contribution in [0.15, 0.2) is 24.3 Å². The Labute approximate surface area is 106 Å². The molecule has 0 aromatic heterocycles. The van der Waals surface area contributed by atoms with Gasteiger partial charge in [-0.3, -0.25) is 0 Å². The topological polar surface area (TPSA) is 38.7 Å². The lowest BCUT2D eigenvalue weighted by Gasteiger charge is -2.31. The highest BCUT2D eigenvalue weighted by Crippen LogP contribution is 2.34. The fourth-order valence-corrected chi connectivity index (χ4v) is 2.89. The van der Waals surface area contributed by atoms with Gasteiger partial charge in [0.1, 0.15) is 5.75 Å². The quantitative estimate of drug-likeness (QED) is 0.838. The van der Waals surface area contributed by atoms with Crippen molar-refractivity contribution < 1.29 is 14.0 Å². The van der Waals surface area contributed by atoms with Crippen molar-refractivity contribution in [1.29, 1.82) is 0 Å². The second kappa shape index (κ2) is 6.28. The zero-order valence-corrected chi connectivity index (χ0v) is 10.8. The van der Waals surface area contributed by atoms with Crippen LogP contribution in [-0.2, 0) is 4.74 Å². The molecule has 2 unspecified atom stereocenters. The monoisotopic (exact) mass is 254 g/mol. The van der Waals surface area contributed by atoms with Crippen LogP contribution in [0.3, 0.4) is 0 Å². The third-order valence-corrected chi connectivity index (χ3v) is 3.86. The van der Waals surface area contributed by atoms with Crippen molar-refractivity contribution in [2.45, 2.75) is 12.3 Å². The van der Waals surface area contributed by atoms with Gasteiger partial charge >= 0.3 is 0 Å². The SMILES string of the molecule is COc1cccc(C2CCOCC2CSO)c1. The summed E-state index contributed by atoms with van der Waals surface area (Å²) in [6, 6.07) is 8.20. The summed E-state index contributed by atoms with van der Waals surface area (Å²) in [7, 11) is 1.68. The number of benzene rings is 1. The average Bonchev–Trinajstić information content (AvgIpc) is 2.40. The Morgan fingerprint density at radius 1 is 1.53 bits per heavy atom. The predicted molar refractivity (Wildman–Crippen MR) is 69.7 cm³/mol. The fraction of sp³-hybridized carbons (Fsp3) is 0.538. The molecule has 4 heteroatoms. The van der Waals surface area contributed by atoms with Crippen molar-refractivity contribution in [3.63, 3.8) is 0 Å². The second-order valence-corrected chi connectivity index (χ2v) is 4.89. The summed E-state index contributed by atoms with van der Waals surface area (Å²) < 4.78 is 19.8. The lowest BCUT2D eigenvalue weighted by molar-refractivity contribution is 0.0487. The van der Waals surface area contributed by atoms with E-state index in [4.69, 9.17) is 14.0 Å². The largest absolute Gasteiger partial charge is 0.497 e. The molecule has 3 nitrogen and oxygen atoms in total. The van der Waals surface area contributed by atoms with Gasteiger partial charge in [0.15, 0.2) is 0 Å². The first-order valence-corrected chi connectivity index (χ1v) is 6.77. The fourth-order valence-electron chi connectivity index (χ4n) is 2.37. The molecule has 1 aromatic rings. The Bertz CT molecular complexity index is 354. The van der Waals surface area contributed by atoms with E-state index in [2.05, 4.69) is 12.1 Å². The molecule has 1 aliphatic heterocycles. The van der Waals surface area contributed by atoms with Crippen LogP contribution >= 0.6 is 12.0 Å². The molecule has 0 saturated carbocycles. The third-order valence-electron chi connectivity index (χ3n) is 3.28. The lowest BCUT2D eigenvalue weighted by atomic mass is 9.84. The van der Waals surface area contributed by atoms with Crippen molar-refractivity contribution in [3.05, 3.63) is 29.8 Å². The van der Waals surface area contributed by atoms with Gasteiger partial charge in [0, 0.05) is 18.3 Å². The molecule has 1 saturated heterocycles. The number of hydrogen-bond acceptors (Lipinski definition) is 4. The van der Waals surface area contributed by atoms with E-state index in [0.717, 1.165) is 43.2 Å². The minimum Gasteiger partial charge on any atom is -0.497 e. The van der Waals surface area contributed by atoms with E-state index in [-0.39, 0.29) is 0 Å². The normalized spacial score (nSPS) is 24.6. The van der Waals surface area contributed by atoms with E-state index in [9.17, 15) is 0 Å². The molecule has 1 N–H and O–H groups in total. The first-order chi connectivity index (χ1) is 8.35. The Hall–Kier alpha value is -0.710. The molecule has 1 aromatic carbocycles. The van der Waals surface area contributed by atoms with Gasteiger partial charge in [-0.1, -0.05) is 12.1 Å². The minimum absolute atomic E-state index is 0.380. The van der Waals surface area contributed by atoms with E-state index in [1.165, 1.54) is 5.56 Å². The summed E-state index contributed by atoms with van der Waals surface area (Å²) >= 11 is 0.905. The standard InChI is InChI=1S/C13H18O3S/c1-15-12-4-2-3-10(7-12)13-5-6-16-8-11(13)9-17-14/h2-4,7,11,13-14H,5-6,8-9H2,1H3. The van der Waals surface area contributed by atoms with Crippen LogP contribution in [0.2, 0.25) is 0 Å². The summed E-state index contributed by atoms with van der Waals surface area (Å²) in [5, 5.41) is 0. The molecule has 0 aliphatic carbocycles. The molecule has 2 atom stereocenters. The van der Waals surface area contributed by atoms with Crippen LogP contribution in [0, 0.1) is 5.92 Å². The van der Waals surface area contributed by atoms with Gasteiger partial charge in [-0.2, -0.15) is 0 Å². The number of ether oxygens (including phenoxy) is 2. The van der Waals surface area contributed by atoms with E-state index in [1.807, 2.05) is 12.1 Å². The van der Waals surface area contributed by atoms with Gasteiger partial charge in [-0.05, 0) is 42.1 Å². The van der Waals surface area contributed by atoms with Gasteiger partial charge in [0.05, 0.1) is 13.7 Å². The first kappa shape index (κ1) is 12.7. The number of rotatable bonds is 4. The summed E-state index contributed by atoms with van der Waals surface area (Å²) in [6.07, 6.45) is 1.01. The molecule has 0 amide bonds. The van der Waals surface area contributed by atoms with E-state index >= 15 is 0 Å². The van der Waals surface area contributed by atoms with Gasteiger partial charge in [-0.25, -0.2) is 0 Å². The maximum Gasteiger partial charge on any atom is 0.119 e. The molecule has 94 valence electrons. The van der Waals surface area contributed by atoms with Crippen molar-refractivity contribution in [1.82, 2.24) is 0 Å². The van der Waals surface area contributed by atoms with Crippen LogP contribution in [0.1, 0.15) is 17.9 Å². The van der Waals surface area contributed by atoms with Crippen LogP contribution in [0.25, 0.3) is 0 Å². The molecule has 1 aliphatic rings. The minimum atomic E-state index is 0.380. The molecular weight excluding hydrogens is 236 g/mol. The number of hydrogen-bond donors (Lipinski definition) is 1. The highest BCUT2D eigenvalue weighted by Gasteiger charge is 2.27. The van der Waals surface area contributed by atoms with Crippen LogP contribution in [0.5, 0.6) is 5.75 Å². The average molecular weight is 254 g/mol. The van der Waals surface area contributed by atoms with Crippen LogP contribution in [-0.4, -0.2) is 30.6 Å². The summed E-state index contributed by atoms with van der Waals surface area (Å²) in [6.45, 7) is 1.53. The van der Waals surface area contributed by atoms with Gasteiger partial charge in [-0.15, -0.1) is 0 Å². The molecule has 1 fully saturated rings. The maximum absolute atomic E-state index is 9.02. The molecule has 0 bridgehead atoms. The van der Waals surface area contributed by atoms with Gasteiger partial charge in [0.2, 0.25) is 0 Å². The van der Waals surface area contributed by atoms with E-state index in [1.54, 1.807) is 7.11 Å². The second-order valence-electron chi connectivity index (χ2n) is 4.30. The highest BCUT2D eigenvalue weighted by molar-refractivity contribution is 7.93. The molecule has 0 spiro atoms. The third kappa shape index (κ3) is 3.15. The zero-order chi connectivity index (χ0) is 12.1. The van der Waals surface area contributed by atoms with Gasteiger partial charge < -0.3 is 14.0 Å². The molecular formula is C13H18O3S. The number of methoxy groups -OCH3 is 1. The molecule has 2 rings (SSSR count). The molecule has 17 heavy (non-hydrogen) atoms. The van der Waals surface area contributed by atoms with Crippen molar-refractivity contribution in [2.75, 3.05) is 26.1 Å². The van der Waals surface area contributed by atoms with Crippen molar-refractivity contribution in [2.24, 2.45) is 5.92 Å².